The van der Waals surface area contributed by atoms with Gasteiger partial charge in [-0.15, -0.1) is 0 Å². The molecule has 1 aliphatic rings. The minimum Gasteiger partial charge on any atom is -0.480 e. The number of carboxylic acid groups (broad SMARTS) is 1. The van der Waals surface area contributed by atoms with Crippen LogP contribution in [0.4, 0.5) is 0 Å². The molecule has 1 saturated heterocycles. The summed E-state index contributed by atoms with van der Waals surface area (Å²) < 4.78 is 23.0. The van der Waals surface area contributed by atoms with Crippen molar-refractivity contribution in [3.05, 3.63) is 0 Å². The van der Waals surface area contributed by atoms with Crippen molar-refractivity contribution in [1.29, 1.82) is 0 Å². The van der Waals surface area contributed by atoms with Gasteiger partial charge in [0.05, 0.1) is 18.1 Å². The van der Waals surface area contributed by atoms with E-state index in [1.165, 1.54) is 0 Å². The van der Waals surface area contributed by atoms with E-state index in [4.69, 9.17) is 5.11 Å². The number of carboxylic acids is 1. The lowest BCUT2D eigenvalue weighted by molar-refractivity contribution is -0.139. The quantitative estimate of drug-likeness (QED) is 0.778. The third-order valence-corrected chi connectivity index (χ3v) is 4.69. The summed E-state index contributed by atoms with van der Waals surface area (Å²) >= 11 is 0. The molecule has 94 valence electrons. The first-order valence-electron chi connectivity index (χ1n) is 5.50. The number of hydrogen-bond donors (Lipinski definition) is 1. The zero-order valence-electron chi connectivity index (χ0n) is 9.72. The molecule has 1 unspecified atom stereocenters. The minimum atomic E-state index is -2.98. The Balaban J connectivity index is 2.74. The summed E-state index contributed by atoms with van der Waals surface area (Å²) in [6.07, 6.45) is 1.40. The van der Waals surface area contributed by atoms with Crippen molar-refractivity contribution in [2.24, 2.45) is 0 Å². The molecule has 0 aromatic heterocycles. The fraction of sp³-hybridized carbons (Fsp3) is 0.900. The molecule has 1 aliphatic heterocycles. The average Bonchev–Trinajstić information content (AvgIpc) is 2.11. The normalized spacial score (nSPS) is 24.9. The van der Waals surface area contributed by atoms with E-state index < -0.39 is 15.8 Å². The zero-order valence-corrected chi connectivity index (χ0v) is 10.5. The number of carbonyl (C=O) groups is 1. The van der Waals surface area contributed by atoms with Crippen LogP contribution < -0.4 is 0 Å². The van der Waals surface area contributed by atoms with Crippen molar-refractivity contribution in [2.75, 3.05) is 18.1 Å². The Morgan fingerprint density at radius 3 is 2.56 bits per heavy atom. The second-order valence-corrected chi connectivity index (χ2v) is 6.80. The maximum atomic E-state index is 11.5. The van der Waals surface area contributed by atoms with E-state index in [2.05, 4.69) is 0 Å². The van der Waals surface area contributed by atoms with Crippen molar-refractivity contribution in [2.45, 2.75) is 38.8 Å². The molecule has 1 rings (SSSR count). The van der Waals surface area contributed by atoms with Crippen molar-refractivity contribution < 1.29 is 18.3 Å². The van der Waals surface area contributed by atoms with Crippen molar-refractivity contribution in [1.82, 2.24) is 4.90 Å². The Morgan fingerprint density at radius 1 is 1.50 bits per heavy atom. The van der Waals surface area contributed by atoms with Crippen LogP contribution in [0, 0.1) is 0 Å². The molecule has 0 saturated carbocycles. The number of sulfone groups is 1. The number of nitrogens with zero attached hydrogens (tertiary/aromatic N) is 1. The maximum Gasteiger partial charge on any atom is 0.317 e. The number of aliphatic carboxylic acids is 1. The van der Waals surface area contributed by atoms with Crippen LogP contribution in [0.25, 0.3) is 0 Å². The third kappa shape index (κ3) is 3.75. The molecule has 16 heavy (non-hydrogen) atoms. The van der Waals surface area contributed by atoms with Gasteiger partial charge in [0.15, 0.2) is 9.84 Å². The first kappa shape index (κ1) is 13.4. The van der Waals surface area contributed by atoms with Crippen LogP contribution in [0.15, 0.2) is 0 Å². The van der Waals surface area contributed by atoms with E-state index in [-0.39, 0.29) is 30.1 Å². The average molecular weight is 249 g/mol. The summed E-state index contributed by atoms with van der Waals surface area (Å²) in [5.41, 5.74) is 0. The minimum absolute atomic E-state index is 0.0504. The van der Waals surface area contributed by atoms with Gasteiger partial charge < -0.3 is 5.11 Å². The Labute approximate surface area is 96.4 Å². The van der Waals surface area contributed by atoms with Gasteiger partial charge in [-0.3, -0.25) is 9.69 Å². The molecule has 0 aliphatic carbocycles. The summed E-state index contributed by atoms with van der Waals surface area (Å²) in [7, 11) is -2.98. The Hall–Kier alpha value is -0.620. The van der Waals surface area contributed by atoms with Gasteiger partial charge in [0.25, 0.3) is 0 Å². The first-order valence-corrected chi connectivity index (χ1v) is 7.32. The number of rotatable bonds is 4. The molecule has 5 nitrogen and oxygen atoms in total. The molecule has 0 radical (unpaired) electrons. The van der Waals surface area contributed by atoms with Crippen LogP contribution in [0.2, 0.25) is 0 Å². The highest BCUT2D eigenvalue weighted by molar-refractivity contribution is 7.91. The van der Waals surface area contributed by atoms with Crippen LogP contribution in [0.1, 0.15) is 26.7 Å². The fourth-order valence-electron chi connectivity index (χ4n) is 2.15. The smallest absolute Gasteiger partial charge is 0.317 e. The zero-order chi connectivity index (χ0) is 12.3. The first-order chi connectivity index (χ1) is 7.32. The predicted molar refractivity (Wildman–Crippen MR) is 61.2 cm³/mol. The molecule has 0 bridgehead atoms. The number of hydrogen-bond acceptors (Lipinski definition) is 4. The van der Waals surface area contributed by atoms with Gasteiger partial charge in [-0.05, 0) is 26.7 Å². The Morgan fingerprint density at radius 2 is 2.12 bits per heavy atom. The van der Waals surface area contributed by atoms with E-state index in [1.807, 2.05) is 13.8 Å². The van der Waals surface area contributed by atoms with Gasteiger partial charge in [-0.2, -0.15) is 0 Å². The maximum absolute atomic E-state index is 11.5. The second-order valence-electron chi connectivity index (χ2n) is 4.57. The molecular weight excluding hydrogens is 230 g/mol. The highest BCUT2D eigenvalue weighted by Crippen LogP contribution is 2.19. The molecule has 1 heterocycles. The Kier molecular flexibility index (Phi) is 4.32. The van der Waals surface area contributed by atoms with Gasteiger partial charge in [-0.1, -0.05) is 0 Å². The fourth-order valence-corrected chi connectivity index (χ4v) is 3.87. The summed E-state index contributed by atoms with van der Waals surface area (Å²) in [6.45, 7) is 3.70. The van der Waals surface area contributed by atoms with E-state index in [0.29, 0.717) is 6.42 Å². The van der Waals surface area contributed by atoms with Gasteiger partial charge in [0, 0.05) is 12.1 Å². The van der Waals surface area contributed by atoms with Gasteiger partial charge in [0.2, 0.25) is 0 Å². The lowest BCUT2D eigenvalue weighted by Crippen LogP contribution is -2.49. The Bertz CT molecular complexity index is 350. The van der Waals surface area contributed by atoms with Gasteiger partial charge in [-0.25, -0.2) is 8.42 Å². The molecule has 1 atom stereocenters. The summed E-state index contributed by atoms with van der Waals surface area (Å²) in [4.78, 5) is 12.5. The van der Waals surface area contributed by atoms with E-state index in [1.54, 1.807) is 4.90 Å². The van der Waals surface area contributed by atoms with Gasteiger partial charge >= 0.3 is 5.97 Å². The van der Waals surface area contributed by atoms with Crippen LogP contribution in [-0.2, 0) is 14.6 Å². The molecule has 6 heteroatoms. The lowest BCUT2D eigenvalue weighted by atomic mass is 10.1. The summed E-state index contributed by atoms with van der Waals surface area (Å²) in [5, 5.41) is 8.80. The summed E-state index contributed by atoms with van der Waals surface area (Å²) in [5.74, 6) is -0.572. The SMILES string of the molecule is CC(C)N(CC(=O)O)C1CCCS(=O)(=O)C1. The topological polar surface area (TPSA) is 74.7 Å². The van der Waals surface area contributed by atoms with E-state index in [0.717, 1.165) is 6.42 Å². The highest BCUT2D eigenvalue weighted by Gasteiger charge is 2.31. The largest absolute Gasteiger partial charge is 0.480 e. The van der Waals surface area contributed by atoms with E-state index in [9.17, 15) is 13.2 Å². The molecular formula is C10H19NO4S. The van der Waals surface area contributed by atoms with Crippen LogP contribution >= 0.6 is 0 Å². The van der Waals surface area contributed by atoms with Gasteiger partial charge in [0.1, 0.15) is 0 Å². The predicted octanol–water partition coefficient (Wildman–Crippen LogP) is 0.359. The standard InChI is InChI=1S/C10H19NO4S/c1-8(2)11(6-10(12)13)9-4-3-5-16(14,15)7-9/h8-9H,3-7H2,1-2H3,(H,12,13). The monoisotopic (exact) mass is 249 g/mol. The summed E-state index contributed by atoms with van der Waals surface area (Å²) in [6, 6.07) is -0.0933. The van der Waals surface area contributed by atoms with Crippen LogP contribution in [-0.4, -0.2) is 54.5 Å². The van der Waals surface area contributed by atoms with Crippen molar-refractivity contribution in [3.63, 3.8) is 0 Å². The van der Waals surface area contributed by atoms with Crippen LogP contribution in [0.3, 0.4) is 0 Å². The third-order valence-electron chi connectivity index (χ3n) is 2.89. The molecule has 0 aromatic rings. The van der Waals surface area contributed by atoms with Crippen molar-refractivity contribution in [3.8, 4) is 0 Å². The molecule has 1 N–H and O–H groups in total. The van der Waals surface area contributed by atoms with E-state index >= 15 is 0 Å². The molecule has 0 aromatic carbocycles. The van der Waals surface area contributed by atoms with Crippen LogP contribution in [0.5, 0.6) is 0 Å². The lowest BCUT2D eigenvalue weighted by Gasteiger charge is -2.35. The molecule has 0 spiro atoms. The highest BCUT2D eigenvalue weighted by atomic mass is 32.2. The molecule has 0 amide bonds. The second kappa shape index (κ2) is 5.14. The molecule has 1 fully saturated rings. The van der Waals surface area contributed by atoms with Crippen molar-refractivity contribution >= 4 is 15.8 Å².